The number of ether oxygens (including phenoxy) is 1. The number of methoxy groups -OCH3 is 1. The second kappa shape index (κ2) is 16.6. The van der Waals surface area contributed by atoms with E-state index in [-0.39, 0.29) is 33.6 Å². The summed E-state index contributed by atoms with van der Waals surface area (Å²) >= 11 is 13.1. The third kappa shape index (κ3) is 9.24. The van der Waals surface area contributed by atoms with Gasteiger partial charge in [-0.15, -0.1) is 0 Å². The molecule has 1 atom stereocenters. The van der Waals surface area contributed by atoms with Crippen molar-refractivity contribution in [3.05, 3.63) is 124 Å². The first kappa shape index (κ1) is 35.7. The molecule has 12 heteroatoms. The molecule has 4 rings (SSSR count). The van der Waals surface area contributed by atoms with Crippen molar-refractivity contribution in [2.45, 2.75) is 43.7 Å². The van der Waals surface area contributed by atoms with Gasteiger partial charge in [0.05, 0.1) is 17.7 Å². The van der Waals surface area contributed by atoms with E-state index in [1.807, 2.05) is 37.3 Å². The van der Waals surface area contributed by atoms with E-state index in [0.717, 1.165) is 34.8 Å². The maximum atomic E-state index is 14.5. The molecule has 0 aliphatic carbocycles. The summed E-state index contributed by atoms with van der Waals surface area (Å²) in [4.78, 5) is 29.6. The first-order valence-electron chi connectivity index (χ1n) is 15.0. The van der Waals surface area contributed by atoms with Crippen LogP contribution in [0.2, 0.25) is 10.0 Å². The SMILES string of the molecule is CCCCNC(=O)[C@@H](Cc1ccccc1)N(Cc1c(Cl)cccc1Cl)C(=O)CN(c1ccc(F)cc1)S(=O)(=O)c1ccc(OC)cc1. The van der Waals surface area contributed by atoms with Crippen LogP contribution in [-0.2, 0) is 32.6 Å². The highest BCUT2D eigenvalue weighted by Crippen LogP contribution is 2.29. The standard InChI is InChI=1S/C35H36Cl2FN3O5S/c1-3-4-21-39-35(43)33(22-25-9-6-5-7-10-25)40(23-30-31(36)11-8-12-32(30)37)34(42)24-41(27-15-13-26(38)14-16-27)47(44,45)29-19-17-28(46-2)18-20-29/h5-20,33H,3-4,21-24H2,1-2H3,(H,39,43)/t33-/m1/s1. The van der Waals surface area contributed by atoms with E-state index in [4.69, 9.17) is 27.9 Å². The number of rotatable bonds is 15. The third-order valence-electron chi connectivity index (χ3n) is 7.53. The Balaban J connectivity index is 1.82. The molecule has 0 spiro atoms. The van der Waals surface area contributed by atoms with Crippen LogP contribution < -0.4 is 14.4 Å². The number of carbonyl (C=O) groups excluding carboxylic acids is 2. The molecule has 0 heterocycles. The highest BCUT2D eigenvalue weighted by Gasteiger charge is 2.35. The van der Waals surface area contributed by atoms with Gasteiger partial charge in [0.15, 0.2) is 0 Å². The van der Waals surface area contributed by atoms with Crippen LogP contribution in [0.15, 0.2) is 102 Å². The number of carbonyl (C=O) groups is 2. The molecule has 0 aliphatic rings. The number of hydrogen-bond acceptors (Lipinski definition) is 5. The van der Waals surface area contributed by atoms with E-state index in [2.05, 4.69) is 5.32 Å². The van der Waals surface area contributed by atoms with Gasteiger partial charge in [0.1, 0.15) is 24.2 Å². The number of hydrogen-bond donors (Lipinski definition) is 1. The van der Waals surface area contributed by atoms with Crippen LogP contribution in [0.4, 0.5) is 10.1 Å². The molecule has 8 nitrogen and oxygen atoms in total. The monoisotopic (exact) mass is 699 g/mol. The zero-order valence-corrected chi connectivity index (χ0v) is 28.4. The Morgan fingerprint density at radius 2 is 1.53 bits per heavy atom. The fourth-order valence-electron chi connectivity index (χ4n) is 4.92. The van der Waals surface area contributed by atoms with Crippen molar-refractivity contribution < 1.29 is 27.1 Å². The molecule has 4 aromatic rings. The van der Waals surface area contributed by atoms with Gasteiger partial charge in [-0.05, 0) is 72.6 Å². The van der Waals surface area contributed by atoms with Crippen molar-refractivity contribution in [1.82, 2.24) is 10.2 Å². The number of sulfonamides is 1. The van der Waals surface area contributed by atoms with Gasteiger partial charge in [-0.1, -0.05) is 72.9 Å². The molecule has 4 aromatic carbocycles. The van der Waals surface area contributed by atoms with E-state index in [1.165, 1.54) is 48.4 Å². The number of halogens is 3. The quantitative estimate of drug-likeness (QED) is 0.136. The molecule has 0 aliphatic heterocycles. The highest BCUT2D eigenvalue weighted by molar-refractivity contribution is 7.92. The Morgan fingerprint density at radius 3 is 2.13 bits per heavy atom. The number of anilines is 1. The molecule has 0 radical (unpaired) electrons. The summed E-state index contributed by atoms with van der Waals surface area (Å²) in [6.07, 6.45) is 1.71. The average molecular weight is 701 g/mol. The van der Waals surface area contributed by atoms with Crippen LogP contribution >= 0.6 is 23.2 Å². The predicted octanol–water partition coefficient (Wildman–Crippen LogP) is 6.89. The van der Waals surface area contributed by atoms with Gasteiger partial charge in [0.2, 0.25) is 11.8 Å². The smallest absolute Gasteiger partial charge is 0.264 e. The van der Waals surface area contributed by atoms with Gasteiger partial charge in [0.25, 0.3) is 10.0 Å². The largest absolute Gasteiger partial charge is 0.497 e. The molecule has 0 unspecified atom stereocenters. The second-order valence-corrected chi connectivity index (χ2v) is 13.4. The molecule has 0 saturated carbocycles. The van der Waals surface area contributed by atoms with Gasteiger partial charge in [0, 0.05) is 35.1 Å². The first-order valence-corrected chi connectivity index (χ1v) is 17.2. The third-order valence-corrected chi connectivity index (χ3v) is 10.0. The fourth-order valence-corrected chi connectivity index (χ4v) is 6.86. The van der Waals surface area contributed by atoms with Crippen molar-refractivity contribution in [3.63, 3.8) is 0 Å². The molecule has 1 N–H and O–H groups in total. The minimum atomic E-state index is -4.38. The zero-order chi connectivity index (χ0) is 34.0. The van der Waals surface area contributed by atoms with Crippen molar-refractivity contribution in [2.24, 2.45) is 0 Å². The summed E-state index contributed by atoms with van der Waals surface area (Å²) in [6.45, 7) is 1.49. The zero-order valence-electron chi connectivity index (χ0n) is 26.0. The number of benzene rings is 4. The van der Waals surface area contributed by atoms with Crippen LogP contribution in [-0.4, -0.2) is 51.4 Å². The van der Waals surface area contributed by atoms with E-state index in [1.54, 1.807) is 18.2 Å². The summed E-state index contributed by atoms with van der Waals surface area (Å²) in [6, 6.07) is 23.5. The molecule has 248 valence electrons. The molecular formula is C35H36Cl2FN3O5S. The Morgan fingerprint density at radius 1 is 0.894 bits per heavy atom. The van der Waals surface area contributed by atoms with Gasteiger partial charge in [-0.25, -0.2) is 12.8 Å². The molecule has 0 bridgehead atoms. The van der Waals surface area contributed by atoms with Crippen LogP contribution in [0.5, 0.6) is 5.75 Å². The Labute approximate surface area is 285 Å². The van der Waals surface area contributed by atoms with Gasteiger partial charge in [-0.3, -0.25) is 13.9 Å². The van der Waals surface area contributed by atoms with E-state index in [0.29, 0.717) is 17.9 Å². The summed E-state index contributed by atoms with van der Waals surface area (Å²) in [5.41, 5.74) is 1.24. The number of nitrogens with zero attached hydrogens (tertiary/aromatic N) is 2. The van der Waals surface area contributed by atoms with E-state index >= 15 is 0 Å². The summed E-state index contributed by atoms with van der Waals surface area (Å²) in [7, 11) is -2.92. The van der Waals surface area contributed by atoms with Crippen molar-refractivity contribution in [2.75, 3.05) is 24.5 Å². The van der Waals surface area contributed by atoms with Gasteiger partial charge >= 0.3 is 0 Å². The Bertz CT molecular complexity index is 1740. The molecule has 0 fully saturated rings. The summed E-state index contributed by atoms with van der Waals surface area (Å²) in [5.74, 6) is -1.25. The van der Waals surface area contributed by atoms with Crippen LogP contribution in [0, 0.1) is 5.82 Å². The lowest BCUT2D eigenvalue weighted by Crippen LogP contribution is -2.53. The lowest BCUT2D eigenvalue weighted by molar-refractivity contribution is -0.140. The summed E-state index contributed by atoms with van der Waals surface area (Å²) < 4.78 is 48.3. The minimum Gasteiger partial charge on any atom is -0.497 e. The second-order valence-electron chi connectivity index (χ2n) is 10.7. The molecular weight excluding hydrogens is 664 g/mol. The maximum absolute atomic E-state index is 14.5. The number of nitrogens with one attached hydrogen (secondary N) is 1. The maximum Gasteiger partial charge on any atom is 0.264 e. The molecule has 0 saturated heterocycles. The molecule has 47 heavy (non-hydrogen) atoms. The number of amides is 2. The van der Waals surface area contributed by atoms with Crippen molar-refractivity contribution in [1.29, 1.82) is 0 Å². The van der Waals surface area contributed by atoms with Crippen molar-refractivity contribution >= 4 is 50.7 Å². The van der Waals surface area contributed by atoms with Crippen LogP contribution in [0.25, 0.3) is 0 Å². The van der Waals surface area contributed by atoms with Gasteiger partial charge in [-0.2, -0.15) is 0 Å². The van der Waals surface area contributed by atoms with E-state index < -0.39 is 40.2 Å². The number of unbranched alkanes of at least 4 members (excludes halogenated alkanes) is 1. The Kier molecular flexibility index (Phi) is 12.6. The minimum absolute atomic E-state index is 0.0540. The van der Waals surface area contributed by atoms with Crippen LogP contribution in [0.1, 0.15) is 30.9 Å². The lowest BCUT2D eigenvalue weighted by atomic mass is 10.0. The van der Waals surface area contributed by atoms with Crippen molar-refractivity contribution in [3.8, 4) is 5.75 Å². The highest BCUT2D eigenvalue weighted by atomic mass is 35.5. The molecule has 2 amide bonds. The topological polar surface area (TPSA) is 96.0 Å². The fraction of sp³-hybridized carbons (Fsp3) is 0.257. The predicted molar refractivity (Wildman–Crippen MR) is 183 cm³/mol. The summed E-state index contributed by atoms with van der Waals surface area (Å²) in [5, 5.41) is 3.49. The van der Waals surface area contributed by atoms with Crippen LogP contribution in [0.3, 0.4) is 0 Å². The first-order chi connectivity index (χ1) is 22.5. The molecule has 0 aromatic heterocycles. The van der Waals surface area contributed by atoms with E-state index in [9.17, 15) is 22.4 Å². The normalized spacial score (nSPS) is 11.9. The Hall–Kier alpha value is -4.12. The van der Waals surface area contributed by atoms with Gasteiger partial charge < -0.3 is 15.0 Å². The average Bonchev–Trinajstić information content (AvgIpc) is 3.07. The lowest BCUT2D eigenvalue weighted by Gasteiger charge is -2.34.